The van der Waals surface area contributed by atoms with Gasteiger partial charge in [-0.3, -0.25) is 4.90 Å². The number of anilines is 1. The molecule has 6 nitrogen and oxygen atoms in total. The number of hydrogen-bond acceptors (Lipinski definition) is 6. The molecule has 0 amide bonds. The van der Waals surface area contributed by atoms with Crippen LogP contribution in [0.5, 0.6) is 0 Å². The van der Waals surface area contributed by atoms with Crippen molar-refractivity contribution < 1.29 is 27.8 Å². The van der Waals surface area contributed by atoms with Crippen LogP contribution in [0.2, 0.25) is 0 Å². The number of esters is 2. The van der Waals surface area contributed by atoms with Crippen LogP contribution in [0.4, 0.5) is 14.5 Å². The first-order chi connectivity index (χ1) is 18.2. The molecule has 0 radical (unpaired) electrons. The van der Waals surface area contributed by atoms with Crippen LogP contribution in [0.25, 0.3) is 6.08 Å². The Kier molecular flexibility index (Phi) is 6.99. The van der Waals surface area contributed by atoms with Gasteiger partial charge < -0.3 is 14.4 Å². The van der Waals surface area contributed by atoms with Gasteiger partial charge in [0, 0.05) is 45.7 Å². The minimum Gasteiger partial charge on any atom is -0.419 e. The molecule has 3 aromatic rings. The van der Waals surface area contributed by atoms with Crippen LogP contribution in [0.1, 0.15) is 36.6 Å². The number of hydrogen-bond donors (Lipinski definition) is 0. The Balaban J connectivity index is 1.28. The Morgan fingerprint density at radius 3 is 1.68 bits per heavy atom. The first kappa shape index (κ1) is 25.6. The van der Waals surface area contributed by atoms with Crippen molar-refractivity contribution in [2.24, 2.45) is 0 Å². The van der Waals surface area contributed by atoms with Gasteiger partial charge in [0.2, 0.25) is 0 Å². The monoisotopic (exact) mass is 518 g/mol. The predicted octanol–water partition coefficient (Wildman–Crippen LogP) is 5.10. The molecule has 2 aliphatic rings. The van der Waals surface area contributed by atoms with Crippen molar-refractivity contribution in [1.82, 2.24) is 4.90 Å². The van der Waals surface area contributed by atoms with E-state index in [2.05, 4.69) is 9.80 Å². The Labute approximate surface area is 220 Å². The zero-order valence-electron chi connectivity index (χ0n) is 21.2. The van der Waals surface area contributed by atoms with Crippen LogP contribution in [0, 0.1) is 11.6 Å². The average Bonchev–Trinajstić information content (AvgIpc) is 2.89. The van der Waals surface area contributed by atoms with Crippen molar-refractivity contribution in [1.29, 1.82) is 0 Å². The SMILES string of the molecule is CC1(C)OC(=O)C(=Cc2ccc(N3CCN(C(c4ccc(F)cc4)c4ccc(F)cc4)CC3)cc2)C(=O)O1. The number of piperazine rings is 1. The highest BCUT2D eigenvalue weighted by Gasteiger charge is 2.38. The molecule has 0 spiro atoms. The molecule has 0 saturated carbocycles. The molecule has 0 atom stereocenters. The molecule has 8 heteroatoms. The minimum atomic E-state index is -1.27. The molecule has 5 rings (SSSR count). The molecule has 3 aromatic carbocycles. The van der Waals surface area contributed by atoms with Gasteiger partial charge in [-0.15, -0.1) is 0 Å². The van der Waals surface area contributed by atoms with Gasteiger partial charge in [0.15, 0.2) is 0 Å². The number of carbonyl (C=O) groups is 2. The second-order valence-corrected chi connectivity index (χ2v) is 9.86. The number of cyclic esters (lactones) is 2. The quantitative estimate of drug-likeness (QED) is 0.266. The highest BCUT2D eigenvalue weighted by atomic mass is 19.1. The molecule has 0 N–H and O–H groups in total. The van der Waals surface area contributed by atoms with Gasteiger partial charge in [0.05, 0.1) is 6.04 Å². The molecule has 0 bridgehead atoms. The van der Waals surface area contributed by atoms with E-state index in [1.54, 1.807) is 24.3 Å². The zero-order valence-corrected chi connectivity index (χ0v) is 21.2. The fourth-order valence-electron chi connectivity index (χ4n) is 4.87. The Morgan fingerprint density at radius 2 is 1.21 bits per heavy atom. The third-order valence-corrected chi connectivity index (χ3v) is 6.74. The van der Waals surface area contributed by atoms with Gasteiger partial charge in [-0.2, -0.15) is 0 Å². The average molecular weight is 519 g/mol. The topological polar surface area (TPSA) is 59.1 Å². The summed E-state index contributed by atoms with van der Waals surface area (Å²) < 4.78 is 37.5. The lowest BCUT2D eigenvalue weighted by Gasteiger charge is -2.40. The van der Waals surface area contributed by atoms with Gasteiger partial charge in [-0.05, 0) is 59.2 Å². The Bertz CT molecular complexity index is 1280. The first-order valence-corrected chi connectivity index (χ1v) is 12.5. The van der Waals surface area contributed by atoms with E-state index < -0.39 is 17.7 Å². The van der Waals surface area contributed by atoms with E-state index in [9.17, 15) is 18.4 Å². The maximum atomic E-state index is 13.6. The molecule has 2 aliphatic heterocycles. The summed E-state index contributed by atoms with van der Waals surface area (Å²) in [5.74, 6) is -3.27. The predicted molar refractivity (Wildman–Crippen MR) is 139 cm³/mol. The van der Waals surface area contributed by atoms with Crippen LogP contribution >= 0.6 is 0 Å². The highest BCUT2D eigenvalue weighted by molar-refractivity contribution is 6.18. The molecule has 0 aromatic heterocycles. The van der Waals surface area contributed by atoms with E-state index in [-0.39, 0.29) is 23.2 Å². The van der Waals surface area contributed by atoms with Crippen LogP contribution in [0.3, 0.4) is 0 Å². The third-order valence-electron chi connectivity index (χ3n) is 6.74. The largest absolute Gasteiger partial charge is 0.419 e. The fraction of sp³-hybridized carbons (Fsp3) is 0.267. The van der Waals surface area contributed by atoms with Crippen molar-refractivity contribution >= 4 is 23.7 Å². The number of nitrogens with zero attached hydrogens (tertiary/aromatic N) is 2. The van der Waals surface area contributed by atoms with Crippen molar-refractivity contribution in [2.75, 3.05) is 31.1 Å². The second kappa shape index (κ2) is 10.4. The Morgan fingerprint density at radius 1 is 0.737 bits per heavy atom. The molecule has 196 valence electrons. The molecular formula is C30H28F2N2O4. The molecule has 2 fully saturated rings. The summed E-state index contributed by atoms with van der Waals surface area (Å²) in [4.78, 5) is 29.0. The second-order valence-electron chi connectivity index (χ2n) is 9.86. The fourth-order valence-corrected chi connectivity index (χ4v) is 4.87. The zero-order chi connectivity index (χ0) is 26.9. The number of rotatable bonds is 5. The summed E-state index contributed by atoms with van der Waals surface area (Å²) in [6, 6.07) is 20.4. The van der Waals surface area contributed by atoms with Gasteiger partial charge in [0.1, 0.15) is 17.2 Å². The van der Waals surface area contributed by atoms with Crippen LogP contribution in [0.15, 0.2) is 78.4 Å². The normalized spacial score (nSPS) is 17.8. The number of halogens is 2. The van der Waals surface area contributed by atoms with Gasteiger partial charge in [-0.1, -0.05) is 36.4 Å². The van der Waals surface area contributed by atoms with Gasteiger partial charge in [0.25, 0.3) is 5.79 Å². The summed E-state index contributed by atoms with van der Waals surface area (Å²) in [5.41, 5.74) is 3.46. The van der Waals surface area contributed by atoms with Crippen LogP contribution in [-0.2, 0) is 19.1 Å². The van der Waals surface area contributed by atoms with Gasteiger partial charge in [-0.25, -0.2) is 18.4 Å². The summed E-state index contributed by atoms with van der Waals surface area (Å²) in [5, 5.41) is 0. The van der Waals surface area contributed by atoms with Crippen molar-refractivity contribution in [3.63, 3.8) is 0 Å². The molecular weight excluding hydrogens is 490 g/mol. The highest BCUT2D eigenvalue weighted by Crippen LogP contribution is 2.31. The van der Waals surface area contributed by atoms with E-state index in [1.165, 1.54) is 44.2 Å². The lowest BCUT2D eigenvalue weighted by molar-refractivity contribution is -0.222. The van der Waals surface area contributed by atoms with E-state index in [4.69, 9.17) is 9.47 Å². The lowest BCUT2D eigenvalue weighted by Crippen LogP contribution is -2.48. The van der Waals surface area contributed by atoms with Gasteiger partial charge >= 0.3 is 11.9 Å². The lowest BCUT2D eigenvalue weighted by atomic mass is 9.96. The molecule has 2 saturated heterocycles. The third kappa shape index (κ3) is 5.60. The minimum absolute atomic E-state index is 0.118. The van der Waals surface area contributed by atoms with Crippen molar-refractivity contribution in [3.8, 4) is 0 Å². The molecule has 0 aliphatic carbocycles. The first-order valence-electron chi connectivity index (χ1n) is 12.5. The van der Waals surface area contributed by atoms with Crippen molar-refractivity contribution in [2.45, 2.75) is 25.7 Å². The number of ether oxygens (including phenoxy) is 2. The number of benzene rings is 3. The van der Waals surface area contributed by atoms with E-state index >= 15 is 0 Å². The van der Waals surface area contributed by atoms with Crippen LogP contribution < -0.4 is 4.90 Å². The van der Waals surface area contributed by atoms with E-state index in [0.29, 0.717) is 5.56 Å². The standard InChI is InChI=1S/C30H28F2N2O4/c1-30(2)37-28(35)26(29(36)38-30)19-20-3-13-25(14-4-20)33-15-17-34(18-16-33)27(21-5-9-23(31)10-6-21)22-7-11-24(32)12-8-22/h3-14,19,27H,15-18H2,1-2H3. The summed E-state index contributed by atoms with van der Waals surface area (Å²) in [6.07, 6.45) is 1.47. The van der Waals surface area contributed by atoms with E-state index in [0.717, 1.165) is 43.0 Å². The molecule has 38 heavy (non-hydrogen) atoms. The Hall–Kier alpha value is -4.04. The van der Waals surface area contributed by atoms with Crippen LogP contribution in [-0.4, -0.2) is 48.8 Å². The maximum Gasteiger partial charge on any atom is 0.348 e. The summed E-state index contributed by atoms with van der Waals surface area (Å²) >= 11 is 0. The summed E-state index contributed by atoms with van der Waals surface area (Å²) in [7, 11) is 0. The molecule has 0 unspecified atom stereocenters. The van der Waals surface area contributed by atoms with E-state index in [1.807, 2.05) is 24.3 Å². The molecule has 2 heterocycles. The maximum absolute atomic E-state index is 13.6. The number of carbonyl (C=O) groups excluding carboxylic acids is 2. The summed E-state index contributed by atoms with van der Waals surface area (Å²) in [6.45, 7) is 6.03. The smallest absolute Gasteiger partial charge is 0.348 e. The van der Waals surface area contributed by atoms with Crippen molar-refractivity contribution in [3.05, 3.63) is 107 Å².